The maximum atomic E-state index is 14.5. The van der Waals surface area contributed by atoms with Crippen molar-refractivity contribution in [2.24, 2.45) is 5.16 Å². The Kier molecular flexibility index (Phi) is 8.99. The lowest BCUT2D eigenvalue weighted by Crippen LogP contribution is -2.42. The molecule has 3 aromatic carbocycles. The van der Waals surface area contributed by atoms with Crippen molar-refractivity contribution in [2.45, 2.75) is 51.0 Å². The zero-order valence-electron chi connectivity index (χ0n) is 23.4. The fourth-order valence-electron chi connectivity index (χ4n) is 4.63. The van der Waals surface area contributed by atoms with Gasteiger partial charge in [-0.1, -0.05) is 58.7 Å². The molecule has 2 amide bonds. The van der Waals surface area contributed by atoms with Gasteiger partial charge in [0.2, 0.25) is 0 Å². The second-order valence-electron chi connectivity index (χ2n) is 11.0. The highest BCUT2D eigenvalue weighted by Gasteiger charge is 2.62. The first-order valence-electron chi connectivity index (χ1n) is 13.1. The predicted molar refractivity (Wildman–Crippen MR) is 156 cm³/mol. The van der Waals surface area contributed by atoms with Crippen LogP contribution in [0.5, 0.6) is 0 Å². The Hall–Kier alpha value is -3.50. The minimum absolute atomic E-state index is 0.0375. The Morgan fingerprint density at radius 3 is 2.31 bits per heavy atom. The van der Waals surface area contributed by atoms with Crippen molar-refractivity contribution in [1.29, 1.82) is 0 Å². The number of hydrogen-bond acceptors (Lipinski definition) is 5. The van der Waals surface area contributed by atoms with Crippen molar-refractivity contribution in [3.63, 3.8) is 0 Å². The summed E-state index contributed by atoms with van der Waals surface area (Å²) in [6.07, 6.45) is -5.42. The maximum absolute atomic E-state index is 14.5. The van der Waals surface area contributed by atoms with Gasteiger partial charge in [0.05, 0.1) is 5.71 Å². The van der Waals surface area contributed by atoms with Crippen LogP contribution in [0.15, 0.2) is 59.8 Å². The molecule has 1 atom stereocenters. The molecule has 4 rings (SSSR count). The number of fused-ring (bicyclic) bond motifs is 1. The third-order valence-corrected chi connectivity index (χ3v) is 7.09. The van der Waals surface area contributed by atoms with Gasteiger partial charge in [-0.05, 0) is 62.2 Å². The first kappa shape index (κ1) is 31.4. The summed E-state index contributed by atoms with van der Waals surface area (Å²) in [5, 5.41) is 7.86. The molecule has 1 N–H and O–H groups in total. The molecule has 0 aromatic heterocycles. The Morgan fingerprint density at radius 2 is 1.69 bits per heavy atom. The highest BCUT2D eigenvalue weighted by atomic mass is 35.5. The van der Waals surface area contributed by atoms with E-state index >= 15 is 0 Å². The minimum Gasteiger partial charge on any atom is -0.444 e. The summed E-state index contributed by atoms with van der Waals surface area (Å²) in [5.74, 6) is -0.361. The number of nitrogens with one attached hydrogen (secondary N) is 1. The van der Waals surface area contributed by atoms with Crippen LogP contribution in [-0.2, 0) is 15.2 Å². The number of amides is 2. The van der Waals surface area contributed by atoms with Crippen LogP contribution >= 0.6 is 23.2 Å². The number of nitrogens with zero attached hydrogens (tertiary/aromatic N) is 2. The van der Waals surface area contributed by atoms with E-state index in [4.69, 9.17) is 32.8 Å². The van der Waals surface area contributed by atoms with Crippen molar-refractivity contribution in [2.75, 3.05) is 20.1 Å². The molecular weight excluding hydrogens is 594 g/mol. The SMILES string of the molecule is CN(CCCNC(=O)c1ccc(C2=NOC(c3cc(Cl)cc(Cl)c3)(C(F)(F)F)C2)c2ccccc12)C(=O)OC(C)(C)C. The van der Waals surface area contributed by atoms with Crippen LogP contribution in [-0.4, -0.2) is 54.5 Å². The fourth-order valence-corrected chi connectivity index (χ4v) is 5.15. The number of rotatable bonds is 7. The lowest BCUT2D eigenvalue weighted by atomic mass is 9.85. The molecule has 12 heteroatoms. The molecular formula is C30H30Cl2F3N3O4. The Bertz CT molecular complexity index is 1520. The van der Waals surface area contributed by atoms with Gasteiger partial charge in [0, 0.05) is 53.3 Å². The number of alkyl halides is 3. The Labute approximate surface area is 251 Å². The fraction of sp³-hybridized carbons (Fsp3) is 0.367. The normalized spacial score (nSPS) is 17.0. The Morgan fingerprint density at radius 1 is 1.05 bits per heavy atom. The molecule has 0 spiro atoms. The highest BCUT2D eigenvalue weighted by molar-refractivity contribution is 6.34. The van der Waals surface area contributed by atoms with Crippen LogP contribution in [0.25, 0.3) is 10.8 Å². The van der Waals surface area contributed by atoms with E-state index in [9.17, 15) is 22.8 Å². The molecule has 0 bridgehead atoms. The molecule has 3 aromatic rings. The van der Waals surface area contributed by atoms with Crippen LogP contribution in [0.3, 0.4) is 0 Å². The molecule has 0 saturated heterocycles. The summed E-state index contributed by atoms with van der Waals surface area (Å²) in [6, 6.07) is 13.7. The van der Waals surface area contributed by atoms with Crippen molar-refractivity contribution in [3.8, 4) is 0 Å². The Balaban J connectivity index is 1.52. The summed E-state index contributed by atoms with van der Waals surface area (Å²) >= 11 is 12.0. The van der Waals surface area contributed by atoms with E-state index < -0.39 is 29.9 Å². The topological polar surface area (TPSA) is 80.2 Å². The molecule has 0 saturated carbocycles. The third-order valence-electron chi connectivity index (χ3n) is 6.66. The van der Waals surface area contributed by atoms with Crippen molar-refractivity contribution in [1.82, 2.24) is 10.2 Å². The van der Waals surface area contributed by atoms with Crippen LogP contribution in [0.4, 0.5) is 18.0 Å². The van der Waals surface area contributed by atoms with Crippen LogP contribution < -0.4 is 5.32 Å². The number of hydrogen-bond donors (Lipinski definition) is 1. The van der Waals surface area contributed by atoms with Crippen LogP contribution in [0, 0.1) is 0 Å². The molecule has 1 unspecified atom stereocenters. The first-order valence-corrected chi connectivity index (χ1v) is 13.9. The zero-order valence-corrected chi connectivity index (χ0v) is 25.0. The molecule has 7 nitrogen and oxygen atoms in total. The molecule has 0 aliphatic carbocycles. The molecule has 42 heavy (non-hydrogen) atoms. The average Bonchev–Trinajstić information content (AvgIpc) is 3.36. The van der Waals surface area contributed by atoms with Crippen molar-refractivity contribution >= 4 is 51.7 Å². The van der Waals surface area contributed by atoms with E-state index in [2.05, 4.69) is 10.5 Å². The molecule has 224 valence electrons. The average molecular weight is 624 g/mol. The second kappa shape index (κ2) is 12.0. The lowest BCUT2D eigenvalue weighted by Gasteiger charge is -2.29. The molecule has 1 aliphatic heterocycles. The number of halogens is 5. The number of carbonyl (C=O) groups excluding carboxylic acids is 2. The van der Waals surface area contributed by atoms with Crippen molar-refractivity contribution in [3.05, 3.63) is 81.3 Å². The number of ether oxygens (including phenoxy) is 1. The molecule has 1 aliphatic rings. The van der Waals surface area contributed by atoms with Gasteiger partial charge in [-0.15, -0.1) is 0 Å². The minimum atomic E-state index is -4.83. The lowest BCUT2D eigenvalue weighted by molar-refractivity contribution is -0.275. The van der Waals surface area contributed by atoms with E-state index in [-0.39, 0.29) is 27.2 Å². The molecule has 0 radical (unpaired) electrons. The molecule has 1 heterocycles. The van der Waals surface area contributed by atoms with Crippen LogP contribution in [0.1, 0.15) is 55.1 Å². The quantitative estimate of drug-likeness (QED) is 0.273. The van der Waals surface area contributed by atoms with Gasteiger partial charge < -0.3 is 19.8 Å². The summed E-state index contributed by atoms with van der Waals surface area (Å²) < 4.78 is 48.8. The van der Waals surface area contributed by atoms with E-state index in [1.54, 1.807) is 64.2 Å². The van der Waals surface area contributed by atoms with Gasteiger partial charge in [-0.25, -0.2) is 4.79 Å². The smallest absolute Gasteiger partial charge is 0.435 e. The number of oxime groups is 1. The van der Waals surface area contributed by atoms with E-state index in [1.807, 2.05) is 0 Å². The standard InChI is InChI=1S/C30H30Cl2F3N3O4/c1-28(2,3)41-27(40)38(4)13-7-12-36-26(39)24-11-10-23(21-8-5-6-9-22(21)24)25-17-29(42-37-25,30(33,34)35)18-14-19(31)16-20(32)15-18/h5-6,8-11,14-16H,7,12-13,17H2,1-4H3,(H,36,39). The van der Waals surface area contributed by atoms with Gasteiger partial charge >= 0.3 is 12.3 Å². The number of benzene rings is 3. The summed E-state index contributed by atoms with van der Waals surface area (Å²) in [6.45, 7) is 6.00. The van der Waals surface area contributed by atoms with Gasteiger partial charge in [-0.3, -0.25) is 4.79 Å². The monoisotopic (exact) mass is 623 g/mol. The van der Waals surface area contributed by atoms with Gasteiger partial charge in [0.25, 0.3) is 11.5 Å². The summed E-state index contributed by atoms with van der Waals surface area (Å²) in [4.78, 5) is 31.8. The predicted octanol–water partition coefficient (Wildman–Crippen LogP) is 7.72. The third kappa shape index (κ3) is 6.76. The van der Waals surface area contributed by atoms with E-state index in [1.165, 1.54) is 11.0 Å². The molecule has 0 fully saturated rings. The zero-order chi connectivity index (χ0) is 30.9. The van der Waals surface area contributed by atoms with E-state index in [0.29, 0.717) is 41.4 Å². The highest BCUT2D eigenvalue weighted by Crippen LogP contribution is 2.50. The largest absolute Gasteiger partial charge is 0.444 e. The van der Waals surface area contributed by atoms with E-state index in [0.717, 1.165) is 12.1 Å². The number of carbonyl (C=O) groups is 2. The van der Waals surface area contributed by atoms with Gasteiger partial charge in [-0.2, -0.15) is 13.2 Å². The van der Waals surface area contributed by atoms with Crippen molar-refractivity contribution < 1.29 is 32.3 Å². The first-order chi connectivity index (χ1) is 19.6. The van der Waals surface area contributed by atoms with Crippen LogP contribution in [0.2, 0.25) is 10.0 Å². The van der Waals surface area contributed by atoms with Gasteiger partial charge in [0.15, 0.2) is 0 Å². The maximum Gasteiger partial charge on any atom is 0.435 e. The second-order valence-corrected chi connectivity index (χ2v) is 11.9. The summed E-state index contributed by atoms with van der Waals surface area (Å²) in [5.41, 5.74) is -2.83. The van der Waals surface area contributed by atoms with Gasteiger partial charge in [0.1, 0.15) is 5.60 Å². The summed E-state index contributed by atoms with van der Waals surface area (Å²) in [7, 11) is 1.62.